The molecule has 0 radical (unpaired) electrons. The molecule has 114 valence electrons. The third kappa shape index (κ3) is 5.11. The lowest BCUT2D eigenvalue weighted by molar-refractivity contribution is 0.233. The van der Waals surface area contributed by atoms with Gasteiger partial charge in [-0.25, -0.2) is 13.1 Å². The predicted octanol–water partition coefficient (Wildman–Crippen LogP) is 1.91. The smallest absolute Gasteiger partial charge is 0.240 e. The molecule has 0 atom stereocenters. The maximum absolute atomic E-state index is 12.1. The van der Waals surface area contributed by atoms with Crippen LogP contribution in [-0.4, -0.2) is 32.8 Å². The van der Waals surface area contributed by atoms with Crippen molar-refractivity contribution in [2.24, 2.45) is 0 Å². The van der Waals surface area contributed by atoms with Crippen LogP contribution in [0.15, 0.2) is 29.2 Å². The molecule has 0 amide bonds. The van der Waals surface area contributed by atoms with Gasteiger partial charge in [-0.2, -0.15) is 0 Å². The number of hydrogen-bond acceptors (Lipinski definition) is 4. The van der Waals surface area contributed by atoms with Crippen LogP contribution in [0.25, 0.3) is 0 Å². The number of rotatable bonds is 9. The van der Waals surface area contributed by atoms with Crippen LogP contribution in [0, 0.1) is 0 Å². The molecule has 0 aliphatic carbocycles. The van der Waals surface area contributed by atoms with Crippen LogP contribution in [0.2, 0.25) is 0 Å². The Kier molecular flexibility index (Phi) is 6.98. The van der Waals surface area contributed by atoms with Crippen molar-refractivity contribution in [2.45, 2.75) is 44.0 Å². The molecule has 5 nitrogen and oxygen atoms in total. The number of sulfonamides is 1. The van der Waals surface area contributed by atoms with Gasteiger partial charge in [-0.15, -0.1) is 0 Å². The average Bonchev–Trinajstić information content (AvgIpc) is 2.45. The summed E-state index contributed by atoms with van der Waals surface area (Å²) in [4.78, 5) is 0.235. The van der Waals surface area contributed by atoms with E-state index in [1.807, 2.05) is 13.8 Å². The van der Waals surface area contributed by atoms with E-state index in [1.165, 1.54) is 12.1 Å². The summed E-state index contributed by atoms with van der Waals surface area (Å²) < 4.78 is 32.3. The van der Waals surface area contributed by atoms with E-state index in [2.05, 4.69) is 4.72 Å². The molecule has 0 aliphatic heterocycles. The van der Waals surface area contributed by atoms with Gasteiger partial charge in [-0.1, -0.05) is 13.8 Å². The fraction of sp³-hybridized carbons (Fsp3) is 0.571. The van der Waals surface area contributed by atoms with Crippen molar-refractivity contribution in [3.05, 3.63) is 24.3 Å². The standard InChI is InChI=1S/C14H23NO4S/c1-3-12(4-2)15-20(17,18)14-8-6-13(7-9-14)19-11-5-10-16/h6-9,12,15-16H,3-5,10-11H2,1-2H3. The van der Waals surface area contributed by atoms with Gasteiger partial charge < -0.3 is 9.84 Å². The summed E-state index contributed by atoms with van der Waals surface area (Å²) in [6, 6.07) is 6.26. The molecular weight excluding hydrogens is 278 g/mol. The van der Waals surface area contributed by atoms with E-state index in [-0.39, 0.29) is 17.5 Å². The highest BCUT2D eigenvalue weighted by Crippen LogP contribution is 2.17. The number of ether oxygens (including phenoxy) is 1. The van der Waals surface area contributed by atoms with E-state index in [9.17, 15) is 8.42 Å². The summed E-state index contributed by atoms with van der Waals surface area (Å²) in [5.41, 5.74) is 0. The van der Waals surface area contributed by atoms with Gasteiger partial charge in [0.25, 0.3) is 0 Å². The van der Waals surface area contributed by atoms with Crippen molar-refractivity contribution >= 4 is 10.0 Å². The monoisotopic (exact) mass is 301 g/mol. The van der Waals surface area contributed by atoms with Crippen LogP contribution >= 0.6 is 0 Å². The summed E-state index contributed by atoms with van der Waals surface area (Å²) in [5, 5.41) is 8.66. The molecule has 1 rings (SSSR count). The molecule has 1 aromatic carbocycles. The summed E-state index contributed by atoms with van der Waals surface area (Å²) in [6.45, 7) is 4.39. The number of nitrogens with one attached hydrogen (secondary N) is 1. The first-order valence-corrected chi connectivity index (χ1v) is 8.37. The Morgan fingerprint density at radius 1 is 1.20 bits per heavy atom. The molecule has 0 heterocycles. The lowest BCUT2D eigenvalue weighted by Crippen LogP contribution is -2.33. The lowest BCUT2D eigenvalue weighted by Gasteiger charge is -2.15. The second-order valence-electron chi connectivity index (χ2n) is 4.53. The molecule has 2 N–H and O–H groups in total. The largest absolute Gasteiger partial charge is 0.494 e. The van der Waals surface area contributed by atoms with Crippen LogP contribution in [-0.2, 0) is 10.0 Å². The minimum absolute atomic E-state index is 0.0412. The molecule has 6 heteroatoms. The minimum atomic E-state index is -3.47. The van der Waals surface area contributed by atoms with Gasteiger partial charge in [0.2, 0.25) is 10.0 Å². The van der Waals surface area contributed by atoms with Gasteiger partial charge in [0.15, 0.2) is 0 Å². The Balaban J connectivity index is 2.71. The molecule has 0 saturated carbocycles. The predicted molar refractivity (Wildman–Crippen MR) is 78.3 cm³/mol. The van der Waals surface area contributed by atoms with Crippen molar-refractivity contribution in [2.75, 3.05) is 13.2 Å². The fourth-order valence-electron chi connectivity index (χ4n) is 1.71. The SMILES string of the molecule is CCC(CC)NS(=O)(=O)c1ccc(OCCCO)cc1. The molecular formula is C14H23NO4S. The first kappa shape index (κ1) is 16.9. The third-order valence-electron chi connectivity index (χ3n) is 3.01. The van der Waals surface area contributed by atoms with Crippen LogP contribution in [0.5, 0.6) is 5.75 Å². The zero-order chi connectivity index (χ0) is 15.0. The summed E-state index contributed by atoms with van der Waals surface area (Å²) in [5.74, 6) is 0.597. The molecule has 0 aliphatic rings. The summed E-state index contributed by atoms with van der Waals surface area (Å²) >= 11 is 0. The Morgan fingerprint density at radius 2 is 1.80 bits per heavy atom. The van der Waals surface area contributed by atoms with Crippen LogP contribution in [0.4, 0.5) is 0 Å². The molecule has 20 heavy (non-hydrogen) atoms. The highest BCUT2D eigenvalue weighted by molar-refractivity contribution is 7.89. The van der Waals surface area contributed by atoms with Crippen molar-refractivity contribution in [3.63, 3.8) is 0 Å². The molecule has 0 saturated heterocycles. The summed E-state index contributed by atoms with van der Waals surface area (Å²) in [7, 11) is -3.47. The normalized spacial score (nSPS) is 11.8. The highest BCUT2D eigenvalue weighted by atomic mass is 32.2. The molecule has 0 unspecified atom stereocenters. The zero-order valence-corrected chi connectivity index (χ0v) is 12.8. The second-order valence-corrected chi connectivity index (χ2v) is 6.25. The van der Waals surface area contributed by atoms with Crippen molar-refractivity contribution in [1.29, 1.82) is 0 Å². The zero-order valence-electron chi connectivity index (χ0n) is 12.0. The molecule has 0 aromatic heterocycles. The number of benzene rings is 1. The molecule has 1 aromatic rings. The lowest BCUT2D eigenvalue weighted by atomic mass is 10.2. The van der Waals surface area contributed by atoms with Crippen LogP contribution in [0.1, 0.15) is 33.1 Å². The van der Waals surface area contributed by atoms with E-state index >= 15 is 0 Å². The van der Waals surface area contributed by atoms with Crippen LogP contribution < -0.4 is 9.46 Å². The summed E-state index contributed by atoms with van der Waals surface area (Å²) in [6.07, 6.45) is 2.08. The van der Waals surface area contributed by atoms with E-state index < -0.39 is 10.0 Å². The van der Waals surface area contributed by atoms with Crippen molar-refractivity contribution < 1.29 is 18.3 Å². The third-order valence-corrected chi connectivity index (χ3v) is 4.55. The van der Waals surface area contributed by atoms with Crippen LogP contribution in [0.3, 0.4) is 0 Å². The Hall–Kier alpha value is -1.11. The molecule has 0 fully saturated rings. The Bertz CT molecular complexity index is 480. The molecule has 0 bridgehead atoms. The van der Waals surface area contributed by atoms with E-state index in [4.69, 9.17) is 9.84 Å². The maximum atomic E-state index is 12.1. The highest BCUT2D eigenvalue weighted by Gasteiger charge is 2.17. The number of aliphatic hydroxyl groups excluding tert-OH is 1. The van der Waals surface area contributed by atoms with Crippen molar-refractivity contribution in [1.82, 2.24) is 4.72 Å². The minimum Gasteiger partial charge on any atom is -0.494 e. The van der Waals surface area contributed by atoms with Gasteiger partial charge >= 0.3 is 0 Å². The fourth-order valence-corrected chi connectivity index (χ4v) is 3.12. The topological polar surface area (TPSA) is 75.6 Å². The van der Waals surface area contributed by atoms with Gasteiger partial charge in [-0.05, 0) is 37.1 Å². The number of hydrogen-bond donors (Lipinski definition) is 2. The Morgan fingerprint density at radius 3 is 2.30 bits per heavy atom. The molecule has 0 spiro atoms. The first-order chi connectivity index (χ1) is 9.53. The maximum Gasteiger partial charge on any atom is 0.240 e. The van der Waals surface area contributed by atoms with E-state index in [0.717, 1.165) is 12.8 Å². The van der Waals surface area contributed by atoms with Gasteiger partial charge in [0.05, 0.1) is 11.5 Å². The van der Waals surface area contributed by atoms with E-state index in [0.29, 0.717) is 18.8 Å². The number of aliphatic hydroxyl groups is 1. The van der Waals surface area contributed by atoms with Gasteiger partial charge in [-0.3, -0.25) is 0 Å². The Labute approximate surface area is 121 Å². The van der Waals surface area contributed by atoms with Gasteiger partial charge in [0, 0.05) is 19.1 Å². The van der Waals surface area contributed by atoms with Crippen molar-refractivity contribution in [3.8, 4) is 5.75 Å². The first-order valence-electron chi connectivity index (χ1n) is 6.89. The van der Waals surface area contributed by atoms with Gasteiger partial charge in [0.1, 0.15) is 5.75 Å². The quantitative estimate of drug-likeness (QED) is 0.683. The van der Waals surface area contributed by atoms with E-state index in [1.54, 1.807) is 12.1 Å². The second kappa shape index (κ2) is 8.24. The average molecular weight is 301 g/mol.